The first-order valence-electron chi connectivity index (χ1n) is 6.76. The summed E-state index contributed by atoms with van der Waals surface area (Å²) in [6, 6.07) is 9.16. The number of nitrogens with one attached hydrogen (secondary N) is 1. The van der Waals surface area contributed by atoms with Gasteiger partial charge < -0.3 is 20.5 Å². The number of amides is 2. The van der Waals surface area contributed by atoms with Crippen molar-refractivity contribution >= 4 is 40.7 Å². The van der Waals surface area contributed by atoms with Crippen LogP contribution >= 0.6 is 23.2 Å². The highest BCUT2D eigenvalue weighted by molar-refractivity contribution is 6.31. The van der Waals surface area contributed by atoms with Gasteiger partial charge in [0.25, 0.3) is 11.8 Å². The molecule has 0 aliphatic heterocycles. The van der Waals surface area contributed by atoms with E-state index in [4.69, 9.17) is 38.4 Å². The van der Waals surface area contributed by atoms with Crippen LogP contribution in [-0.4, -0.2) is 25.5 Å². The van der Waals surface area contributed by atoms with Gasteiger partial charge in [0.2, 0.25) is 0 Å². The summed E-state index contributed by atoms with van der Waals surface area (Å²) in [7, 11) is 1.47. The summed E-state index contributed by atoms with van der Waals surface area (Å²) in [5.74, 6) is -0.568. The fourth-order valence-electron chi connectivity index (χ4n) is 1.93. The van der Waals surface area contributed by atoms with Crippen LogP contribution in [0.3, 0.4) is 0 Å². The summed E-state index contributed by atoms with van der Waals surface area (Å²) in [5.41, 5.74) is 5.79. The lowest BCUT2D eigenvalue weighted by Crippen LogP contribution is -2.22. The van der Waals surface area contributed by atoms with Crippen molar-refractivity contribution in [2.75, 3.05) is 19.0 Å². The van der Waals surface area contributed by atoms with Gasteiger partial charge in [-0.05, 0) is 36.4 Å². The molecule has 0 heterocycles. The Morgan fingerprint density at radius 1 is 1.08 bits per heavy atom. The Bertz CT molecular complexity index is 781. The van der Waals surface area contributed by atoms with E-state index in [0.717, 1.165) is 0 Å². The standard InChI is InChI=1S/C16H14Cl2N2O4/c1-23-13-5-3-9(17)6-12(13)20-15(21)8-24-14-7-10(18)2-4-11(14)16(19)22/h2-7H,8H2,1H3,(H2,19,22)(H,20,21). The highest BCUT2D eigenvalue weighted by atomic mass is 35.5. The number of halogens is 2. The van der Waals surface area contributed by atoms with Crippen LogP contribution in [0.1, 0.15) is 10.4 Å². The Morgan fingerprint density at radius 2 is 1.75 bits per heavy atom. The van der Waals surface area contributed by atoms with Crippen molar-refractivity contribution in [3.8, 4) is 11.5 Å². The van der Waals surface area contributed by atoms with Gasteiger partial charge in [-0.15, -0.1) is 0 Å². The molecule has 0 aliphatic rings. The molecule has 0 radical (unpaired) electrons. The van der Waals surface area contributed by atoms with Gasteiger partial charge in [-0.3, -0.25) is 9.59 Å². The van der Waals surface area contributed by atoms with Crippen LogP contribution in [-0.2, 0) is 4.79 Å². The number of carbonyl (C=O) groups excluding carboxylic acids is 2. The number of rotatable bonds is 6. The van der Waals surface area contributed by atoms with Gasteiger partial charge in [0.1, 0.15) is 11.5 Å². The Hall–Kier alpha value is -2.44. The molecule has 0 atom stereocenters. The molecular formula is C16H14Cl2N2O4. The number of anilines is 1. The van der Waals surface area contributed by atoms with Crippen molar-refractivity contribution in [3.63, 3.8) is 0 Å². The molecule has 0 aliphatic carbocycles. The van der Waals surface area contributed by atoms with Crippen molar-refractivity contribution in [1.29, 1.82) is 0 Å². The third-order valence-electron chi connectivity index (χ3n) is 3.00. The second-order valence-corrected chi connectivity index (χ2v) is 5.56. The van der Waals surface area contributed by atoms with Crippen molar-refractivity contribution in [2.45, 2.75) is 0 Å². The molecule has 0 unspecified atom stereocenters. The number of primary amides is 1. The summed E-state index contributed by atoms with van der Waals surface area (Å²) in [6.45, 7) is -0.351. The van der Waals surface area contributed by atoms with Crippen molar-refractivity contribution in [2.24, 2.45) is 5.73 Å². The summed E-state index contributed by atoms with van der Waals surface area (Å²) in [5, 5.41) is 3.41. The topological polar surface area (TPSA) is 90.7 Å². The maximum absolute atomic E-state index is 12.0. The Morgan fingerprint density at radius 3 is 2.42 bits per heavy atom. The van der Waals surface area contributed by atoms with E-state index in [2.05, 4.69) is 5.32 Å². The second kappa shape index (κ2) is 7.90. The molecule has 0 saturated carbocycles. The minimum absolute atomic E-state index is 0.128. The lowest BCUT2D eigenvalue weighted by atomic mass is 10.2. The molecule has 2 rings (SSSR count). The zero-order chi connectivity index (χ0) is 17.7. The number of ether oxygens (including phenoxy) is 2. The molecule has 2 aromatic carbocycles. The molecule has 2 amide bonds. The van der Waals surface area contributed by atoms with E-state index in [9.17, 15) is 9.59 Å². The number of carbonyl (C=O) groups is 2. The zero-order valence-corrected chi connectivity index (χ0v) is 14.1. The molecule has 0 aromatic heterocycles. The summed E-state index contributed by atoms with van der Waals surface area (Å²) < 4.78 is 10.5. The SMILES string of the molecule is COc1ccc(Cl)cc1NC(=O)COc1cc(Cl)ccc1C(N)=O. The summed E-state index contributed by atoms with van der Waals surface area (Å²) >= 11 is 11.8. The van der Waals surface area contributed by atoms with E-state index < -0.39 is 11.8 Å². The normalized spacial score (nSPS) is 10.1. The van der Waals surface area contributed by atoms with Gasteiger partial charge in [0, 0.05) is 10.0 Å². The molecule has 6 nitrogen and oxygen atoms in total. The number of benzene rings is 2. The zero-order valence-electron chi connectivity index (χ0n) is 12.6. The van der Waals surface area contributed by atoms with Gasteiger partial charge >= 0.3 is 0 Å². The van der Waals surface area contributed by atoms with E-state index in [1.54, 1.807) is 18.2 Å². The highest BCUT2D eigenvalue weighted by Crippen LogP contribution is 2.28. The molecule has 3 N–H and O–H groups in total. The van der Waals surface area contributed by atoms with Crippen molar-refractivity contribution in [3.05, 3.63) is 52.0 Å². The first kappa shape index (κ1) is 17.9. The van der Waals surface area contributed by atoms with Crippen molar-refractivity contribution < 1.29 is 19.1 Å². The number of hydrogen-bond donors (Lipinski definition) is 2. The number of hydrogen-bond acceptors (Lipinski definition) is 4. The van der Waals surface area contributed by atoms with E-state index >= 15 is 0 Å². The second-order valence-electron chi connectivity index (χ2n) is 4.69. The average molecular weight is 369 g/mol. The van der Waals surface area contributed by atoms with Crippen molar-refractivity contribution in [1.82, 2.24) is 0 Å². The van der Waals surface area contributed by atoms with Crippen LogP contribution in [0.2, 0.25) is 10.0 Å². The molecule has 0 bridgehead atoms. The lowest BCUT2D eigenvalue weighted by Gasteiger charge is -2.12. The van der Waals surface area contributed by atoms with Gasteiger partial charge in [0.05, 0.1) is 18.4 Å². The van der Waals surface area contributed by atoms with E-state index in [0.29, 0.717) is 21.5 Å². The van der Waals surface area contributed by atoms with E-state index in [1.165, 1.54) is 25.3 Å². The maximum Gasteiger partial charge on any atom is 0.262 e. The fourth-order valence-corrected chi connectivity index (χ4v) is 2.26. The minimum atomic E-state index is -0.682. The molecule has 126 valence electrons. The van der Waals surface area contributed by atoms with Crippen LogP contribution in [0, 0.1) is 0 Å². The summed E-state index contributed by atoms with van der Waals surface area (Å²) in [4.78, 5) is 23.4. The van der Waals surface area contributed by atoms with Crippen LogP contribution in [0.25, 0.3) is 0 Å². The molecule has 0 spiro atoms. The van der Waals surface area contributed by atoms with Gasteiger partial charge in [0.15, 0.2) is 6.61 Å². The average Bonchev–Trinajstić information content (AvgIpc) is 2.53. The first-order valence-corrected chi connectivity index (χ1v) is 7.52. The Balaban J connectivity index is 2.08. The third-order valence-corrected chi connectivity index (χ3v) is 3.47. The predicted molar refractivity (Wildman–Crippen MR) is 92.1 cm³/mol. The van der Waals surface area contributed by atoms with Gasteiger partial charge in [-0.25, -0.2) is 0 Å². The fraction of sp³-hybridized carbons (Fsp3) is 0.125. The molecule has 8 heteroatoms. The van der Waals surface area contributed by atoms with Crippen LogP contribution in [0.5, 0.6) is 11.5 Å². The molecule has 2 aromatic rings. The Kier molecular flexibility index (Phi) is 5.89. The van der Waals surface area contributed by atoms with Crippen LogP contribution in [0.4, 0.5) is 5.69 Å². The maximum atomic E-state index is 12.0. The monoisotopic (exact) mass is 368 g/mol. The molecule has 0 saturated heterocycles. The number of methoxy groups -OCH3 is 1. The van der Waals surface area contributed by atoms with Crippen LogP contribution < -0.4 is 20.5 Å². The largest absolute Gasteiger partial charge is 0.495 e. The van der Waals surface area contributed by atoms with Gasteiger partial charge in [-0.2, -0.15) is 0 Å². The van der Waals surface area contributed by atoms with Gasteiger partial charge in [-0.1, -0.05) is 23.2 Å². The van der Waals surface area contributed by atoms with E-state index in [1.807, 2.05) is 0 Å². The molecular weight excluding hydrogens is 355 g/mol. The quantitative estimate of drug-likeness (QED) is 0.819. The van der Waals surface area contributed by atoms with Crippen LogP contribution in [0.15, 0.2) is 36.4 Å². The predicted octanol–water partition coefficient (Wildman–Crippen LogP) is 3.12. The Labute approximate surface area is 148 Å². The highest BCUT2D eigenvalue weighted by Gasteiger charge is 2.13. The lowest BCUT2D eigenvalue weighted by molar-refractivity contribution is -0.118. The molecule has 24 heavy (non-hydrogen) atoms. The number of nitrogens with two attached hydrogens (primary N) is 1. The van der Waals surface area contributed by atoms with E-state index in [-0.39, 0.29) is 17.9 Å². The molecule has 0 fully saturated rings. The first-order chi connectivity index (χ1) is 11.4. The summed E-state index contributed by atoms with van der Waals surface area (Å²) in [6.07, 6.45) is 0. The minimum Gasteiger partial charge on any atom is -0.495 e. The smallest absolute Gasteiger partial charge is 0.262 e. The third kappa shape index (κ3) is 4.53.